The molecule has 0 bridgehead atoms. The number of ether oxygens (including phenoxy) is 1. The van der Waals surface area contributed by atoms with Gasteiger partial charge < -0.3 is 10.1 Å². The van der Waals surface area contributed by atoms with Crippen molar-refractivity contribution < 1.29 is 9.53 Å². The van der Waals surface area contributed by atoms with Crippen molar-refractivity contribution in [1.29, 1.82) is 5.26 Å². The topological polar surface area (TPSA) is 62.1 Å². The highest BCUT2D eigenvalue weighted by molar-refractivity contribution is 5.91. The molecule has 0 fully saturated rings. The maximum Gasteiger partial charge on any atom is 0.224 e. The Balaban J connectivity index is 2.80. The summed E-state index contributed by atoms with van der Waals surface area (Å²) in [6, 6.07) is 7.02. The molecule has 0 aromatic heterocycles. The van der Waals surface area contributed by atoms with Crippen LogP contribution in [0.4, 0.5) is 5.69 Å². The molecular formula is C13H16N2O2. The van der Waals surface area contributed by atoms with Gasteiger partial charge in [0.05, 0.1) is 12.7 Å². The van der Waals surface area contributed by atoms with Gasteiger partial charge in [0, 0.05) is 12.1 Å². The van der Waals surface area contributed by atoms with Gasteiger partial charge in [0.2, 0.25) is 5.91 Å². The number of carbonyl (C=O) groups excluding carboxylic acids is 1. The smallest absolute Gasteiger partial charge is 0.224 e. The second kappa shape index (κ2) is 5.90. The molecule has 1 aromatic rings. The van der Waals surface area contributed by atoms with E-state index < -0.39 is 0 Å². The van der Waals surface area contributed by atoms with E-state index in [-0.39, 0.29) is 5.91 Å². The number of nitriles is 1. The van der Waals surface area contributed by atoms with Crippen LogP contribution in [0.3, 0.4) is 0 Å². The minimum absolute atomic E-state index is 0.0472. The van der Waals surface area contributed by atoms with Crippen LogP contribution < -0.4 is 10.1 Å². The van der Waals surface area contributed by atoms with Gasteiger partial charge in [-0.15, -0.1) is 0 Å². The van der Waals surface area contributed by atoms with Crippen molar-refractivity contribution in [1.82, 2.24) is 0 Å². The van der Waals surface area contributed by atoms with Crippen LogP contribution in [0, 0.1) is 17.2 Å². The van der Waals surface area contributed by atoms with E-state index in [1.165, 1.54) is 7.11 Å². The number of methoxy groups -OCH3 is 1. The van der Waals surface area contributed by atoms with Crippen LogP contribution in [0.25, 0.3) is 0 Å². The van der Waals surface area contributed by atoms with E-state index in [9.17, 15) is 4.79 Å². The van der Waals surface area contributed by atoms with Gasteiger partial charge in [-0.25, -0.2) is 0 Å². The third-order valence-electron chi connectivity index (χ3n) is 2.20. The number of amides is 1. The van der Waals surface area contributed by atoms with E-state index in [1.54, 1.807) is 18.2 Å². The van der Waals surface area contributed by atoms with Gasteiger partial charge in [-0.2, -0.15) is 5.26 Å². The first kappa shape index (κ1) is 13.0. The zero-order valence-electron chi connectivity index (χ0n) is 10.3. The number of rotatable bonds is 4. The van der Waals surface area contributed by atoms with E-state index in [0.29, 0.717) is 29.3 Å². The molecule has 1 rings (SSSR count). The van der Waals surface area contributed by atoms with Crippen LogP contribution in [0.1, 0.15) is 25.8 Å². The Labute approximate surface area is 101 Å². The predicted octanol–water partition coefficient (Wildman–Crippen LogP) is 2.55. The summed E-state index contributed by atoms with van der Waals surface area (Å²) in [6.07, 6.45) is 0.466. The third kappa shape index (κ3) is 3.80. The zero-order chi connectivity index (χ0) is 12.8. The Hall–Kier alpha value is -2.02. The molecule has 0 spiro atoms. The van der Waals surface area contributed by atoms with E-state index in [1.807, 2.05) is 19.9 Å². The van der Waals surface area contributed by atoms with Gasteiger partial charge in [0.25, 0.3) is 0 Å². The molecule has 17 heavy (non-hydrogen) atoms. The summed E-state index contributed by atoms with van der Waals surface area (Å²) in [6.45, 7) is 3.96. The molecular weight excluding hydrogens is 216 g/mol. The first-order valence-corrected chi connectivity index (χ1v) is 5.44. The average Bonchev–Trinajstić information content (AvgIpc) is 2.27. The standard InChI is InChI=1S/C13H16N2O2/c1-9(2)6-13(16)15-11-4-5-12(17-3)10(7-11)8-14/h4-5,7,9H,6H2,1-3H3,(H,15,16). The van der Waals surface area contributed by atoms with Crippen molar-refractivity contribution in [3.8, 4) is 11.8 Å². The Morgan fingerprint density at radius 3 is 2.76 bits per heavy atom. The highest BCUT2D eigenvalue weighted by Gasteiger charge is 2.08. The molecule has 0 unspecified atom stereocenters. The number of benzene rings is 1. The number of nitrogens with zero attached hydrogens (tertiary/aromatic N) is 1. The van der Waals surface area contributed by atoms with Crippen LogP contribution in [0.2, 0.25) is 0 Å². The van der Waals surface area contributed by atoms with Crippen molar-refractivity contribution in [3.05, 3.63) is 23.8 Å². The molecule has 0 aliphatic carbocycles. The Morgan fingerprint density at radius 2 is 2.24 bits per heavy atom. The van der Waals surface area contributed by atoms with Crippen LogP contribution in [-0.2, 0) is 4.79 Å². The minimum atomic E-state index is -0.0472. The van der Waals surface area contributed by atoms with Crippen LogP contribution in [0.15, 0.2) is 18.2 Å². The highest BCUT2D eigenvalue weighted by atomic mass is 16.5. The zero-order valence-corrected chi connectivity index (χ0v) is 10.3. The molecule has 1 aromatic carbocycles. The van der Waals surface area contributed by atoms with E-state index in [2.05, 4.69) is 5.32 Å². The lowest BCUT2D eigenvalue weighted by Crippen LogP contribution is -2.13. The van der Waals surface area contributed by atoms with Gasteiger partial charge in [-0.05, 0) is 24.1 Å². The normalized spacial score (nSPS) is 9.82. The molecule has 0 heterocycles. The first-order valence-electron chi connectivity index (χ1n) is 5.44. The summed E-state index contributed by atoms with van der Waals surface area (Å²) in [5, 5.41) is 11.7. The molecule has 0 atom stereocenters. The Bertz CT molecular complexity index is 447. The SMILES string of the molecule is COc1ccc(NC(=O)CC(C)C)cc1C#N. The first-order chi connectivity index (χ1) is 8.06. The third-order valence-corrected chi connectivity index (χ3v) is 2.20. The summed E-state index contributed by atoms with van der Waals surface area (Å²) < 4.78 is 5.03. The summed E-state index contributed by atoms with van der Waals surface area (Å²) in [5.41, 5.74) is 1.03. The fourth-order valence-electron chi connectivity index (χ4n) is 1.46. The second-order valence-corrected chi connectivity index (χ2v) is 4.17. The lowest BCUT2D eigenvalue weighted by Gasteiger charge is -2.09. The number of anilines is 1. The molecule has 0 radical (unpaired) electrons. The lowest BCUT2D eigenvalue weighted by atomic mass is 10.1. The predicted molar refractivity (Wildman–Crippen MR) is 65.8 cm³/mol. The minimum Gasteiger partial charge on any atom is -0.495 e. The second-order valence-electron chi connectivity index (χ2n) is 4.17. The fourth-order valence-corrected chi connectivity index (χ4v) is 1.46. The van der Waals surface area contributed by atoms with Gasteiger partial charge in [-0.3, -0.25) is 4.79 Å². The van der Waals surface area contributed by atoms with Crippen molar-refractivity contribution in [2.24, 2.45) is 5.92 Å². The molecule has 1 amide bonds. The van der Waals surface area contributed by atoms with Crippen molar-refractivity contribution in [3.63, 3.8) is 0 Å². The molecule has 4 heteroatoms. The maximum absolute atomic E-state index is 11.6. The van der Waals surface area contributed by atoms with Gasteiger partial charge in [-0.1, -0.05) is 13.8 Å². The van der Waals surface area contributed by atoms with Crippen LogP contribution in [-0.4, -0.2) is 13.0 Å². The van der Waals surface area contributed by atoms with E-state index >= 15 is 0 Å². The maximum atomic E-state index is 11.6. The Kier molecular flexibility index (Phi) is 4.53. The van der Waals surface area contributed by atoms with Gasteiger partial charge >= 0.3 is 0 Å². The molecule has 4 nitrogen and oxygen atoms in total. The van der Waals surface area contributed by atoms with Crippen LogP contribution >= 0.6 is 0 Å². The molecule has 1 N–H and O–H groups in total. The summed E-state index contributed by atoms with van der Waals surface area (Å²) >= 11 is 0. The molecule has 0 aliphatic rings. The van der Waals surface area contributed by atoms with E-state index in [0.717, 1.165) is 0 Å². The molecule has 0 saturated carbocycles. The fraction of sp³-hybridized carbons (Fsp3) is 0.385. The van der Waals surface area contributed by atoms with Crippen LogP contribution in [0.5, 0.6) is 5.75 Å². The molecule has 0 aliphatic heterocycles. The Morgan fingerprint density at radius 1 is 1.53 bits per heavy atom. The van der Waals surface area contributed by atoms with Gasteiger partial charge in [0.1, 0.15) is 11.8 Å². The highest BCUT2D eigenvalue weighted by Crippen LogP contribution is 2.21. The number of carbonyl (C=O) groups is 1. The summed E-state index contributed by atoms with van der Waals surface area (Å²) in [7, 11) is 1.51. The van der Waals surface area contributed by atoms with Crippen molar-refractivity contribution in [2.45, 2.75) is 20.3 Å². The monoisotopic (exact) mass is 232 g/mol. The molecule has 90 valence electrons. The number of hydrogen-bond acceptors (Lipinski definition) is 3. The van der Waals surface area contributed by atoms with Crippen molar-refractivity contribution >= 4 is 11.6 Å². The van der Waals surface area contributed by atoms with Gasteiger partial charge in [0.15, 0.2) is 0 Å². The molecule has 0 saturated heterocycles. The summed E-state index contributed by atoms with van der Waals surface area (Å²) in [5.74, 6) is 0.770. The van der Waals surface area contributed by atoms with E-state index in [4.69, 9.17) is 10.00 Å². The number of hydrogen-bond donors (Lipinski definition) is 1. The number of nitrogens with one attached hydrogen (secondary N) is 1. The quantitative estimate of drug-likeness (QED) is 0.867. The lowest BCUT2D eigenvalue weighted by molar-refractivity contribution is -0.116. The average molecular weight is 232 g/mol. The summed E-state index contributed by atoms with van der Waals surface area (Å²) in [4.78, 5) is 11.6. The largest absolute Gasteiger partial charge is 0.495 e. The van der Waals surface area contributed by atoms with Crippen molar-refractivity contribution in [2.75, 3.05) is 12.4 Å².